The van der Waals surface area contributed by atoms with E-state index in [2.05, 4.69) is 25.3 Å². The molecule has 7 heteroatoms. The Bertz CT molecular complexity index is 1200. The predicted molar refractivity (Wildman–Crippen MR) is 101 cm³/mol. The number of aromatic nitrogens is 4. The minimum Gasteiger partial charge on any atom is -0.496 e. The second kappa shape index (κ2) is 6.11. The highest BCUT2D eigenvalue weighted by Gasteiger charge is 2.13. The van der Waals surface area contributed by atoms with Gasteiger partial charge in [0.1, 0.15) is 5.75 Å². The molecule has 0 saturated carbocycles. The highest BCUT2D eigenvalue weighted by Crippen LogP contribution is 2.30. The average molecular weight is 347 g/mol. The number of para-hydroxylation sites is 1. The lowest BCUT2D eigenvalue weighted by atomic mass is 10.1. The Labute approximate surface area is 149 Å². The number of rotatable bonds is 3. The number of anilines is 2. The maximum Gasteiger partial charge on any atom is 0.260 e. The second-order valence-electron chi connectivity index (χ2n) is 6.00. The maximum atomic E-state index is 12.2. The standard InChI is InChI=1S/C19H17N5O2/c1-10-8-9-14(26-3)15-11(2)20-18(22-16(10)15)24-19-21-13-7-5-4-6-12(13)17(25)23-19/h4-9H,1-3H3,(H2,20,21,22,23,24,25). The van der Waals surface area contributed by atoms with Crippen LogP contribution in [0.2, 0.25) is 0 Å². The van der Waals surface area contributed by atoms with Crippen molar-refractivity contribution in [1.82, 2.24) is 19.9 Å². The smallest absolute Gasteiger partial charge is 0.260 e. The first-order valence-electron chi connectivity index (χ1n) is 8.15. The zero-order valence-electron chi connectivity index (χ0n) is 14.6. The summed E-state index contributed by atoms with van der Waals surface area (Å²) in [5.74, 6) is 1.39. The van der Waals surface area contributed by atoms with Crippen LogP contribution in [0.1, 0.15) is 11.3 Å². The Hall–Kier alpha value is -3.48. The van der Waals surface area contributed by atoms with E-state index in [0.717, 1.165) is 27.9 Å². The molecule has 0 radical (unpaired) electrons. The number of aromatic amines is 1. The lowest BCUT2D eigenvalue weighted by Gasteiger charge is -2.12. The van der Waals surface area contributed by atoms with Crippen LogP contribution >= 0.6 is 0 Å². The molecule has 2 N–H and O–H groups in total. The minimum absolute atomic E-state index is 0.214. The average Bonchev–Trinajstić information content (AvgIpc) is 2.63. The molecule has 26 heavy (non-hydrogen) atoms. The quantitative estimate of drug-likeness (QED) is 0.591. The first-order valence-corrected chi connectivity index (χ1v) is 8.15. The lowest BCUT2D eigenvalue weighted by molar-refractivity contribution is 0.419. The van der Waals surface area contributed by atoms with Crippen LogP contribution in [-0.2, 0) is 0 Å². The van der Waals surface area contributed by atoms with Crippen LogP contribution in [0.15, 0.2) is 41.2 Å². The van der Waals surface area contributed by atoms with E-state index in [1.165, 1.54) is 0 Å². The summed E-state index contributed by atoms with van der Waals surface area (Å²) in [5.41, 5.74) is 2.97. The monoisotopic (exact) mass is 347 g/mol. The summed E-state index contributed by atoms with van der Waals surface area (Å²) in [6.07, 6.45) is 0. The van der Waals surface area contributed by atoms with Crippen molar-refractivity contribution in [3.05, 3.63) is 58.0 Å². The molecular weight excluding hydrogens is 330 g/mol. The van der Waals surface area contributed by atoms with Gasteiger partial charge >= 0.3 is 0 Å². The van der Waals surface area contributed by atoms with E-state index in [0.29, 0.717) is 22.8 Å². The third-order valence-electron chi connectivity index (χ3n) is 4.26. The van der Waals surface area contributed by atoms with Crippen LogP contribution in [0.5, 0.6) is 5.75 Å². The highest BCUT2D eigenvalue weighted by molar-refractivity contribution is 5.90. The van der Waals surface area contributed by atoms with Crippen molar-refractivity contribution in [3.63, 3.8) is 0 Å². The number of nitrogens with one attached hydrogen (secondary N) is 2. The van der Waals surface area contributed by atoms with Crippen LogP contribution < -0.4 is 15.6 Å². The van der Waals surface area contributed by atoms with Crippen LogP contribution in [0.3, 0.4) is 0 Å². The minimum atomic E-state index is -0.214. The van der Waals surface area contributed by atoms with Gasteiger partial charge in [-0.05, 0) is 37.6 Å². The van der Waals surface area contributed by atoms with Gasteiger partial charge in [-0.1, -0.05) is 18.2 Å². The van der Waals surface area contributed by atoms with Crippen molar-refractivity contribution in [3.8, 4) is 5.75 Å². The third-order valence-corrected chi connectivity index (χ3v) is 4.26. The molecular formula is C19H17N5O2. The van der Waals surface area contributed by atoms with Gasteiger partial charge in [0.05, 0.1) is 34.6 Å². The molecule has 2 heterocycles. The number of nitrogens with zero attached hydrogens (tertiary/aromatic N) is 3. The molecule has 2 aromatic heterocycles. The fourth-order valence-electron chi connectivity index (χ4n) is 2.99. The van der Waals surface area contributed by atoms with Crippen molar-refractivity contribution in [2.45, 2.75) is 13.8 Å². The Morgan fingerprint density at radius 2 is 1.85 bits per heavy atom. The van der Waals surface area contributed by atoms with Gasteiger partial charge < -0.3 is 4.74 Å². The second-order valence-corrected chi connectivity index (χ2v) is 6.00. The molecule has 0 unspecified atom stereocenters. The zero-order valence-corrected chi connectivity index (χ0v) is 14.6. The van der Waals surface area contributed by atoms with E-state index < -0.39 is 0 Å². The number of benzene rings is 2. The largest absolute Gasteiger partial charge is 0.496 e. The molecule has 4 rings (SSSR count). The molecule has 2 aromatic carbocycles. The van der Waals surface area contributed by atoms with Crippen LogP contribution in [-0.4, -0.2) is 27.0 Å². The molecule has 7 nitrogen and oxygen atoms in total. The normalized spacial score (nSPS) is 11.0. The number of hydrogen-bond acceptors (Lipinski definition) is 6. The molecule has 0 aliphatic rings. The highest BCUT2D eigenvalue weighted by atomic mass is 16.5. The van der Waals surface area contributed by atoms with E-state index in [1.54, 1.807) is 25.3 Å². The van der Waals surface area contributed by atoms with Gasteiger partial charge in [0.25, 0.3) is 5.56 Å². The van der Waals surface area contributed by atoms with E-state index in [-0.39, 0.29) is 5.56 Å². The Morgan fingerprint density at radius 1 is 1.04 bits per heavy atom. The molecule has 0 amide bonds. The van der Waals surface area contributed by atoms with Crippen LogP contribution in [0.25, 0.3) is 21.8 Å². The Morgan fingerprint density at radius 3 is 2.65 bits per heavy atom. The van der Waals surface area contributed by atoms with Gasteiger partial charge in [-0.25, -0.2) is 15.0 Å². The first kappa shape index (κ1) is 16.0. The van der Waals surface area contributed by atoms with E-state index in [1.807, 2.05) is 32.0 Å². The summed E-state index contributed by atoms with van der Waals surface area (Å²) in [4.78, 5) is 28.4. The molecule has 0 spiro atoms. The number of fused-ring (bicyclic) bond motifs is 2. The van der Waals surface area contributed by atoms with Crippen molar-refractivity contribution in [2.24, 2.45) is 0 Å². The summed E-state index contributed by atoms with van der Waals surface area (Å²) in [5, 5.41) is 4.41. The van der Waals surface area contributed by atoms with Crippen LogP contribution in [0.4, 0.5) is 11.9 Å². The van der Waals surface area contributed by atoms with Gasteiger partial charge in [-0.2, -0.15) is 0 Å². The fourth-order valence-corrected chi connectivity index (χ4v) is 2.99. The van der Waals surface area contributed by atoms with Crippen molar-refractivity contribution >= 4 is 33.7 Å². The van der Waals surface area contributed by atoms with Gasteiger partial charge in [0.2, 0.25) is 11.9 Å². The number of ether oxygens (including phenoxy) is 1. The molecule has 0 bridgehead atoms. The molecule has 0 aliphatic carbocycles. The zero-order chi connectivity index (χ0) is 18.3. The summed E-state index contributed by atoms with van der Waals surface area (Å²) in [6, 6.07) is 11.0. The molecule has 0 fully saturated rings. The summed E-state index contributed by atoms with van der Waals surface area (Å²) in [7, 11) is 1.62. The van der Waals surface area contributed by atoms with E-state index in [4.69, 9.17) is 4.74 Å². The van der Waals surface area contributed by atoms with Gasteiger partial charge in [0, 0.05) is 0 Å². The molecule has 130 valence electrons. The molecule has 0 aliphatic heterocycles. The van der Waals surface area contributed by atoms with E-state index in [9.17, 15) is 4.79 Å². The number of methoxy groups -OCH3 is 1. The van der Waals surface area contributed by atoms with Gasteiger partial charge in [-0.3, -0.25) is 15.1 Å². The summed E-state index contributed by atoms with van der Waals surface area (Å²) < 4.78 is 5.43. The number of H-pyrrole nitrogens is 1. The number of hydrogen-bond donors (Lipinski definition) is 2. The van der Waals surface area contributed by atoms with Gasteiger partial charge in [0.15, 0.2) is 0 Å². The number of aryl methyl sites for hydroxylation is 2. The fraction of sp³-hybridized carbons (Fsp3) is 0.158. The van der Waals surface area contributed by atoms with Crippen molar-refractivity contribution in [2.75, 3.05) is 12.4 Å². The topological polar surface area (TPSA) is 92.8 Å². The SMILES string of the molecule is COc1ccc(C)c2nc(Nc3nc4ccccc4c(=O)[nH]3)nc(C)c12. The van der Waals surface area contributed by atoms with Gasteiger partial charge in [-0.15, -0.1) is 0 Å². The predicted octanol–water partition coefficient (Wildman–Crippen LogP) is 3.24. The first-order chi connectivity index (χ1) is 12.6. The third kappa shape index (κ3) is 2.63. The van der Waals surface area contributed by atoms with Crippen molar-refractivity contribution < 1.29 is 4.74 Å². The molecule has 4 aromatic rings. The lowest BCUT2D eigenvalue weighted by Crippen LogP contribution is -2.12. The molecule has 0 atom stereocenters. The maximum absolute atomic E-state index is 12.2. The van der Waals surface area contributed by atoms with Crippen LogP contribution in [0, 0.1) is 13.8 Å². The van der Waals surface area contributed by atoms with E-state index >= 15 is 0 Å². The summed E-state index contributed by atoms with van der Waals surface area (Å²) in [6.45, 7) is 3.88. The summed E-state index contributed by atoms with van der Waals surface area (Å²) >= 11 is 0. The van der Waals surface area contributed by atoms with Crippen molar-refractivity contribution in [1.29, 1.82) is 0 Å². The molecule has 0 saturated heterocycles. The Kier molecular flexibility index (Phi) is 3.76. The Balaban J connectivity index is 1.83.